The molecule has 0 amide bonds. The van der Waals surface area contributed by atoms with Crippen LogP contribution in [0.15, 0.2) is 18.3 Å². The third kappa shape index (κ3) is 1.16. The largest absolute Gasteiger partial charge is 0.478 e. The molecule has 0 radical (unpaired) electrons. The van der Waals surface area contributed by atoms with Crippen molar-refractivity contribution in [3.63, 3.8) is 0 Å². The zero-order valence-corrected chi connectivity index (χ0v) is 7.03. The van der Waals surface area contributed by atoms with E-state index >= 15 is 0 Å². The van der Waals surface area contributed by atoms with Crippen LogP contribution in [0.5, 0.6) is 0 Å². The highest BCUT2D eigenvalue weighted by molar-refractivity contribution is 6.01. The average molecular weight is 176 g/mol. The van der Waals surface area contributed by atoms with Gasteiger partial charge in [-0.15, -0.1) is 0 Å². The van der Waals surface area contributed by atoms with Gasteiger partial charge in [-0.25, -0.2) is 9.78 Å². The van der Waals surface area contributed by atoms with Gasteiger partial charge in [0.25, 0.3) is 0 Å². The Hall–Kier alpha value is -1.84. The van der Waals surface area contributed by atoms with Crippen molar-refractivity contribution in [2.75, 3.05) is 0 Å². The van der Waals surface area contributed by atoms with Crippen LogP contribution < -0.4 is 0 Å². The molecule has 4 heteroatoms. The van der Waals surface area contributed by atoms with Crippen LogP contribution >= 0.6 is 0 Å². The number of aromatic amines is 1. The number of aromatic carboxylic acids is 1. The molecule has 0 unspecified atom stereocenters. The lowest BCUT2D eigenvalue weighted by Gasteiger charge is -1.94. The first-order chi connectivity index (χ1) is 6.18. The number of rotatable bonds is 1. The smallest absolute Gasteiger partial charge is 0.336 e. The van der Waals surface area contributed by atoms with E-state index in [0.717, 1.165) is 5.69 Å². The molecule has 2 N–H and O–H groups in total. The summed E-state index contributed by atoms with van der Waals surface area (Å²) in [7, 11) is 0. The van der Waals surface area contributed by atoms with Crippen LogP contribution in [0.1, 0.15) is 16.1 Å². The lowest BCUT2D eigenvalue weighted by Crippen LogP contribution is -1.96. The second-order valence-electron chi connectivity index (χ2n) is 2.88. The van der Waals surface area contributed by atoms with Gasteiger partial charge in [0.1, 0.15) is 5.65 Å². The molecule has 0 aliphatic rings. The minimum atomic E-state index is -0.925. The van der Waals surface area contributed by atoms with Gasteiger partial charge in [-0.2, -0.15) is 0 Å². The summed E-state index contributed by atoms with van der Waals surface area (Å²) < 4.78 is 0. The van der Waals surface area contributed by atoms with Gasteiger partial charge in [-0.3, -0.25) is 0 Å². The number of fused-ring (bicyclic) bond motifs is 1. The number of carbonyl (C=O) groups is 1. The topological polar surface area (TPSA) is 66.0 Å². The van der Waals surface area contributed by atoms with E-state index in [1.807, 2.05) is 6.92 Å². The van der Waals surface area contributed by atoms with Gasteiger partial charge in [0, 0.05) is 17.3 Å². The van der Waals surface area contributed by atoms with Crippen LogP contribution in [0, 0.1) is 6.92 Å². The summed E-state index contributed by atoms with van der Waals surface area (Å²) in [6, 6.07) is 3.28. The number of pyridine rings is 1. The highest BCUT2D eigenvalue weighted by Crippen LogP contribution is 2.17. The zero-order valence-electron chi connectivity index (χ0n) is 7.03. The summed E-state index contributed by atoms with van der Waals surface area (Å²) >= 11 is 0. The Kier molecular flexibility index (Phi) is 1.55. The van der Waals surface area contributed by atoms with Crippen LogP contribution in [0.2, 0.25) is 0 Å². The molecular formula is C9H8N2O2. The zero-order chi connectivity index (χ0) is 9.42. The Morgan fingerprint density at radius 2 is 2.38 bits per heavy atom. The molecule has 0 aliphatic carbocycles. The minimum Gasteiger partial charge on any atom is -0.478 e. The number of nitrogens with zero attached hydrogens (tertiary/aromatic N) is 1. The maximum atomic E-state index is 10.8. The van der Waals surface area contributed by atoms with E-state index in [-0.39, 0.29) is 5.56 Å². The highest BCUT2D eigenvalue weighted by atomic mass is 16.4. The minimum absolute atomic E-state index is 0.286. The predicted molar refractivity (Wildman–Crippen MR) is 47.8 cm³/mol. The van der Waals surface area contributed by atoms with E-state index in [2.05, 4.69) is 9.97 Å². The first-order valence-corrected chi connectivity index (χ1v) is 3.86. The molecule has 2 heterocycles. The molecule has 0 saturated heterocycles. The standard InChI is InChI=1S/C9H8N2O2/c1-5-4-7-6(9(12)13)2-3-10-8(7)11-5/h2-4H,1H3,(H,10,11)(H,12,13). The van der Waals surface area contributed by atoms with E-state index in [0.29, 0.717) is 11.0 Å². The fourth-order valence-electron chi connectivity index (χ4n) is 1.34. The number of aromatic nitrogens is 2. The highest BCUT2D eigenvalue weighted by Gasteiger charge is 2.09. The summed E-state index contributed by atoms with van der Waals surface area (Å²) in [6.45, 7) is 1.87. The number of aryl methyl sites for hydroxylation is 1. The molecule has 0 bridgehead atoms. The molecule has 2 aromatic heterocycles. The monoisotopic (exact) mass is 176 g/mol. The van der Waals surface area contributed by atoms with Crippen molar-refractivity contribution in [1.82, 2.24) is 9.97 Å². The lowest BCUT2D eigenvalue weighted by molar-refractivity contribution is 0.0699. The number of carboxylic acid groups (broad SMARTS) is 1. The summed E-state index contributed by atoms with van der Waals surface area (Å²) in [6.07, 6.45) is 1.49. The van der Waals surface area contributed by atoms with Crippen molar-refractivity contribution in [2.24, 2.45) is 0 Å². The number of hydrogen-bond acceptors (Lipinski definition) is 2. The van der Waals surface area contributed by atoms with Crippen molar-refractivity contribution in [1.29, 1.82) is 0 Å². The Balaban J connectivity index is 2.82. The second kappa shape index (κ2) is 2.58. The van der Waals surface area contributed by atoms with Crippen LogP contribution in [-0.2, 0) is 0 Å². The van der Waals surface area contributed by atoms with E-state index < -0.39 is 5.97 Å². The van der Waals surface area contributed by atoms with Crippen LogP contribution in [0.3, 0.4) is 0 Å². The molecule has 0 aliphatic heterocycles. The fourth-order valence-corrected chi connectivity index (χ4v) is 1.34. The molecule has 0 saturated carbocycles. The normalized spacial score (nSPS) is 10.5. The summed E-state index contributed by atoms with van der Waals surface area (Å²) in [5.41, 5.74) is 1.82. The summed E-state index contributed by atoms with van der Waals surface area (Å²) in [5.74, 6) is -0.925. The van der Waals surface area contributed by atoms with Gasteiger partial charge in [-0.05, 0) is 19.1 Å². The Labute approximate surface area is 74.2 Å². The van der Waals surface area contributed by atoms with Gasteiger partial charge < -0.3 is 10.1 Å². The SMILES string of the molecule is Cc1cc2c(C(=O)O)ccnc2[nH]1. The molecule has 0 spiro atoms. The lowest BCUT2D eigenvalue weighted by atomic mass is 10.2. The van der Waals surface area contributed by atoms with Gasteiger partial charge in [0.15, 0.2) is 0 Å². The van der Waals surface area contributed by atoms with Crippen molar-refractivity contribution in [3.8, 4) is 0 Å². The molecule has 2 rings (SSSR count). The molecule has 0 fully saturated rings. The summed E-state index contributed by atoms with van der Waals surface area (Å²) in [4.78, 5) is 17.8. The van der Waals surface area contributed by atoms with Crippen molar-refractivity contribution in [3.05, 3.63) is 29.6 Å². The first-order valence-electron chi connectivity index (χ1n) is 3.86. The van der Waals surface area contributed by atoms with Crippen molar-refractivity contribution >= 4 is 17.0 Å². The molecule has 13 heavy (non-hydrogen) atoms. The summed E-state index contributed by atoms with van der Waals surface area (Å²) in [5, 5.41) is 9.51. The molecule has 66 valence electrons. The van der Waals surface area contributed by atoms with E-state index in [1.165, 1.54) is 12.3 Å². The first kappa shape index (κ1) is 7.79. The molecule has 4 nitrogen and oxygen atoms in total. The second-order valence-corrected chi connectivity index (χ2v) is 2.88. The third-order valence-corrected chi connectivity index (χ3v) is 1.90. The van der Waals surface area contributed by atoms with Crippen LogP contribution in [0.4, 0.5) is 0 Å². The number of H-pyrrole nitrogens is 1. The van der Waals surface area contributed by atoms with Gasteiger partial charge >= 0.3 is 5.97 Å². The molecule has 0 aromatic carbocycles. The third-order valence-electron chi connectivity index (χ3n) is 1.90. The Morgan fingerprint density at radius 1 is 1.62 bits per heavy atom. The quantitative estimate of drug-likeness (QED) is 0.693. The number of carboxylic acids is 1. The van der Waals surface area contributed by atoms with Crippen LogP contribution in [0.25, 0.3) is 11.0 Å². The number of nitrogens with one attached hydrogen (secondary N) is 1. The van der Waals surface area contributed by atoms with Crippen LogP contribution in [-0.4, -0.2) is 21.0 Å². The van der Waals surface area contributed by atoms with Gasteiger partial charge in [-0.1, -0.05) is 0 Å². The van der Waals surface area contributed by atoms with E-state index in [1.54, 1.807) is 6.07 Å². The molecule has 0 atom stereocenters. The Bertz CT molecular complexity index is 473. The predicted octanol–water partition coefficient (Wildman–Crippen LogP) is 1.57. The maximum absolute atomic E-state index is 10.8. The molecule has 2 aromatic rings. The van der Waals surface area contributed by atoms with E-state index in [9.17, 15) is 4.79 Å². The fraction of sp³-hybridized carbons (Fsp3) is 0.111. The molecular weight excluding hydrogens is 168 g/mol. The number of hydrogen-bond donors (Lipinski definition) is 2. The van der Waals surface area contributed by atoms with Gasteiger partial charge in [0.05, 0.1) is 5.56 Å². The van der Waals surface area contributed by atoms with Crippen molar-refractivity contribution in [2.45, 2.75) is 6.92 Å². The van der Waals surface area contributed by atoms with E-state index in [4.69, 9.17) is 5.11 Å². The van der Waals surface area contributed by atoms with Gasteiger partial charge in [0.2, 0.25) is 0 Å². The average Bonchev–Trinajstić information content (AvgIpc) is 2.43. The Morgan fingerprint density at radius 3 is 3.08 bits per heavy atom. The maximum Gasteiger partial charge on any atom is 0.336 e. The van der Waals surface area contributed by atoms with Crippen molar-refractivity contribution < 1.29 is 9.90 Å².